The minimum absolute atomic E-state index is 0.105. The third-order valence-electron chi connectivity index (χ3n) is 7.26. The Morgan fingerprint density at radius 3 is 2.31 bits per heavy atom. The summed E-state index contributed by atoms with van der Waals surface area (Å²) in [5.41, 5.74) is 1.80. The highest BCUT2D eigenvalue weighted by molar-refractivity contribution is 6.45. The van der Waals surface area contributed by atoms with Crippen LogP contribution < -0.4 is 16.0 Å². The summed E-state index contributed by atoms with van der Waals surface area (Å²) in [5, 5.41) is 17.0. The molecule has 12 heteroatoms. The molecule has 1 saturated heterocycles. The Hall–Kier alpha value is -4.87. The number of para-hydroxylation sites is 1. The van der Waals surface area contributed by atoms with E-state index >= 15 is 0 Å². The molecule has 0 saturated carbocycles. The summed E-state index contributed by atoms with van der Waals surface area (Å²) in [4.78, 5) is 68.5. The number of nitrogens with zero attached hydrogens (tertiary/aromatic N) is 2. The molecule has 0 aliphatic carbocycles. The van der Waals surface area contributed by atoms with Crippen LogP contribution in [0.3, 0.4) is 0 Å². The topological polar surface area (TPSA) is 164 Å². The van der Waals surface area contributed by atoms with Crippen LogP contribution in [-0.2, 0) is 4.79 Å². The van der Waals surface area contributed by atoms with E-state index in [1.165, 1.54) is 11.1 Å². The Kier molecular flexibility index (Phi) is 10.1. The third kappa shape index (κ3) is 7.45. The molecule has 3 aromatic rings. The first-order valence-corrected chi connectivity index (χ1v) is 14.1. The molecule has 0 spiro atoms. The SMILES string of the molecule is C[C@@H]1CN(C(=O)c2ccccc2)CCN1C(=O)C(=O)c1c[nH]c2c(NC(=O)NCCCCCCNC(=O)O)cccc12. The minimum atomic E-state index is -1.03. The number of aromatic nitrogens is 1. The molecule has 0 radical (unpaired) electrons. The van der Waals surface area contributed by atoms with Gasteiger partial charge in [-0.2, -0.15) is 0 Å². The number of unbranched alkanes of at least 4 members (excludes halogenated alkanes) is 3. The zero-order chi connectivity index (χ0) is 30.1. The zero-order valence-corrected chi connectivity index (χ0v) is 23.5. The number of nitrogens with one attached hydrogen (secondary N) is 4. The number of urea groups is 1. The summed E-state index contributed by atoms with van der Waals surface area (Å²) in [6.45, 7) is 3.59. The minimum Gasteiger partial charge on any atom is -0.465 e. The van der Waals surface area contributed by atoms with Gasteiger partial charge in [0, 0.05) is 55.9 Å². The molecular weight excluding hydrogens is 540 g/mol. The van der Waals surface area contributed by atoms with Crippen molar-refractivity contribution in [2.24, 2.45) is 0 Å². The molecule has 0 bridgehead atoms. The highest BCUT2D eigenvalue weighted by atomic mass is 16.4. The van der Waals surface area contributed by atoms with Gasteiger partial charge in [0.25, 0.3) is 17.6 Å². The highest BCUT2D eigenvalue weighted by Crippen LogP contribution is 2.27. The Balaban J connectivity index is 1.31. The second-order valence-electron chi connectivity index (χ2n) is 10.3. The predicted octanol–water partition coefficient (Wildman–Crippen LogP) is 3.67. The number of rotatable bonds is 11. The standard InChI is InChI=1S/C30H36N6O6/c1-20-19-35(27(38)21-10-5-4-6-11-21)16-17-36(20)28(39)26(37)23-18-33-25-22(23)12-9-13-24(25)34-29(40)31-14-7-2-3-8-15-32-30(41)42/h4-6,9-13,18,20,32-33H,2-3,7-8,14-17,19H2,1H3,(H,41,42)(H2,31,34,40)/t20-/m1/s1. The quantitative estimate of drug-likeness (QED) is 0.133. The Morgan fingerprint density at radius 1 is 0.905 bits per heavy atom. The monoisotopic (exact) mass is 576 g/mol. The van der Waals surface area contributed by atoms with Crippen molar-refractivity contribution in [3.05, 3.63) is 65.9 Å². The lowest BCUT2D eigenvalue weighted by Gasteiger charge is -2.39. The van der Waals surface area contributed by atoms with Crippen molar-refractivity contribution in [3.8, 4) is 0 Å². The number of fused-ring (bicyclic) bond motifs is 1. The maximum Gasteiger partial charge on any atom is 0.404 e. The van der Waals surface area contributed by atoms with Crippen LogP contribution in [0.25, 0.3) is 10.9 Å². The van der Waals surface area contributed by atoms with Crippen LogP contribution in [0.1, 0.15) is 53.3 Å². The third-order valence-corrected chi connectivity index (χ3v) is 7.26. The molecule has 42 heavy (non-hydrogen) atoms. The lowest BCUT2D eigenvalue weighted by molar-refractivity contribution is -0.130. The Morgan fingerprint density at radius 2 is 1.62 bits per heavy atom. The number of carbonyl (C=O) groups excluding carboxylic acids is 4. The van der Waals surface area contributed by atoms with Gasteiger partial charge < -0.3 is 35.8 Å². The molecule has 222 valence electrons. The average molecular weight is 577 g/mol. The summed E-state index contributed by atoms with van der Waals surface area (Å²) < 4.78 is 0. The molecule has 5 amide bonds. The fourth-order valence-electron chi connectivity index (χ4n) is 5.07. The normalized spacial score (nSPS) is 14.8. The first-order valence-electron chi connectivity index (χ1n) is 14.1. The summed E-state index contributed by atoms with van der Waals surface area (Å²) in [6, 6.07) is 13.4. The summed E-state index contributed by atoms with van der Waals surface area (Å²) in [6.07, 6.45) is 3.63. The van der Waals surface area contributed by atoms with Crippen molar-refractivity contribution >= 4 is 46.3 Å². The Bertz CT molecular complexity index is 1440. The van der Waals surface area contributed by atoms with Gasteiger partial charge in [-0.25, -0.2) is 9.59 Å². The van der Waals surface area contributed by atoms with E-state index < -0.39 is 23.8 Å². The van der Waals surface area contributed by atoms with Gasteiger partial charge in [-0.05, 0) is 38.0 Å². The van der Waals surface area contributed by atoms with E-state index in [0.29, 0.717) is 48.3 Å². The number of ketones is 1. The largest absolute Gasteiger partial charge is 0.465 e. The molecule has 1 aliphatic heterocycles. The fraction of sp³-hybridized carbons (Fsp3) is 0.367. The summed E-state index contributed by atoms with van der Waals surface area (Å²) >= 11 is 0. The second-order valence-corrected chi connectivity index (χ2v) is 10.3. The van der Waals surface area contributed by atoms with Crippen molar-refractivity contribution in [1.29, 1.82) is 0 Å². The summed E-state index contributed by atoms with van der Waals surface area (Å²) in [7, 11) is 0. The predicted molar refractivity (Wildman–Crippen MR) is 158 cm³/mol. The highest BCUT2D eigenvalue weighted by Gasteiger charge is 2.34. The molecule has 12 nitrogen and oxygen atoms in total. The van der Waals surface area contributed by atoms with E-state index in [-0.39, 0.29) is 24.1 Å². The smallest absolute Gasteiger partial charge is 0.404 e. The number of benzene rings is 2. The van der Waals surface area contributed by atoms with Crippen molar-refractivity contribution in [3.63, 3.8) is 0 Å². The lowest BCUT2D eigenvalue weighted by Crippen LogP contribution is -2.56. The first kappa shape index (κ1) is 30.1. The van der Waals surface area contributed by atoms with Crippen LogP contribution in [0.15, 0.2) is 54.7 Å². The molecular formula is C30H36N6O6. The molecule has 1 atom stereocenters. The van der Waals surface area contributed by atoms with Crippen LogP contribution in [0.4, 0.5) is 15.3 Å². The number of carbonyl (C=O) groups is 5. The van der Waals surface area contributed by atoms with Crippen molar-refractivity contribution in [2.75, 3.05) is 38.0 Å². The van der Waals surface area contributed by atoms with Gasteiger partial charge in [0.15, 0.2) is 0 Å². The van der Waals surface area contributed by atoms with Crippen LogP contribution >= 0.6 is 0 Å². The van der Waals surface area contributed by atoms with Gasteiger partial charge in [-0.15, -0.1) is 0 Å². The number of aromatic amines is 1. The lowest BCUT2D eigenvalue weighted by atomic mass is 10.1. The first-order chi connectivity index (χ1) is 20.3. The van der Waals surface area contributed by atoms with Gasteiger partial charge in [0.1, 0.15) is 0 Å². The number of H-pyrrole nitrogens is 1. The number of carboxylic acid groups (broad SMARTS) is 1. The maximum absolute atomic E-state index is 13.3. The van der Waals surface area contributed by atoms with E-state index in [0.717, 1.165) is 25.7 Å². The van der Waals surface area contributed by atoms with E-state index in [2.05, 4.69) is 20.9 Å². The van der Waals surface area contributed by atoms with Crippen molar-refractivity contribution in [1.82, 2.24) is 25.4 Å². The molecule has 2 heterocycles. The van der Waals surface area contributed by atoms with Gasteiger partial charge >= 0.3 is 12.1 Å². The van der Waals surface area contributed by atoms with Gasteiger partial charge in [0.2, 0.25) is 0 Å². The van der Waals surface area contributed by atoms with Crippen molar-refractivity contribution < 1.29 is 29.1 Å². The van der Waals surface area contributed by atoms with E-state index in [1.807, 2.05) is 13.0 Å². The molecule has 5 N–H and O–H groups in total. The molecule has 1 fully saturated rings. The Labute approximate surface area is 243 Å². The molecule has 2 aromatic carbocycles. The van der Waals surface area contributed by atoms with Gasteiger partial charge in [-0.3, -0.25) is 14.4 Å². The number of hydrogen-bond acceptors (Lipinski definition) is 5. The number of piperazine rings is 1. The molecule has 1 aliphatic rings. The fourth-order valence-corrected chi connectivity index (χ4v) is 5.07. The second kappa shape index (κ2) is 14.2. The van der Waals surface area contributed by atoms with E-state index in [4.69, 9.17) is 5.11 Å². The average Bonchev–Trinajstić information content (AvgIpc) is 3.43. The molecule has 1 aromatic heterocycles. The van der Waals surface area contributed by atoms with Crippen LogP contribution in [0.5, 0.6) is 0 Å². The van der Waals surface area contributed by atoms with Crippen LogP contribution in [0, 0.1) is 0 Å². The number of anilines is 1. The van der Waals surface area contributed by atoms with Gasteiger partial charge in [0.05, 0.1) is 16.8 Å². The maximum atomic E-state index is 13.3. The van der Waals surface area contributed by atoms with E-state index in [1.54, 1.807) is 47.4 Å². The van der Waals surface area contributed by atoms with Crippen molar-refractivity contribution in [2.45, 2.75) is 38.6 Å². The van der Waals surface area contributed by atoms with Gasteiger partial charge in [-0.1, -0.05) is 43.2 Å². The summed E-state index contributed by atoms with van der Waals surface area (Å²) in [5.74, 6) is -1.40. The zero-order valence-electron chi connectivity index (χ0n) is 23.5. The van der Waals surface area contributed by atoms with E-state index in [9.17, 15) is 24.0 Å². The van der Waals surface area contributed by atoms with Crippen LogP contribution in [0.2, 0.25) is 0 Å². The number of amides is 5. The molecule has 4 rings (SSSR count). The number of Topliss-reactive ketones (excluding diaryl/α,β-unsaturated/α-hetero) is 1. The molecule has 0 unspecified atom stereocenters. The number of hydrogen-bond donors (Lipinski definition) is 5. The van der Waals surface area contributed by atoms with Crippen LogP contribution in [-0.4, -0.2) is 88.4 Å².